The molecule has 0 aliphatic carbocycles. The van der Waals surface area contributed by atoms with Gasteiger partial charge in [-0.15, -0.1) is 0 Å². The molecule has 0 unspecified atom stereocenters. The Bertz CT molecular complexity index is 919. The zero-order valence-electron chi connectivity index (χ0n) is 14.1. The topological polar surface area (TPSA) is 47.9 Å². The van der Waals surface area contributed by atoms with Gasteiger partial charge < -0.3 is 9.47 Å². The molecule has 130 valence electrons. The van der Waals surface area contributed by atoms with Gasteiger partial charge in [0.1, 0.15) is 17.3 Å². The van der Waals surface area contributed by atoms with Crippen molar-refractivity contribution in [2.24, 2.45) is 4.99 Å². The molecule has 0 saturated carbocycles. The molecule has 0 radical (unpaired) electrons. The van der Waals surface area contributed by atoms with Crippen LogP contribution >= 0.6 is 0 Å². The maximum atomic E-state index is 13.5. The SMILES string of the molecule is COc1ccc(C(=O)Oc2ccc(C=Nc3ccccc3F)cc2)cc1. The number of aliphatic imine (C=N–C) groups is 1. The minimum absolute atomic E-state index is 0.266. The molecule has 4 nitrogen and oxygen atoms in total. The normalized spacial score (nSPS) is 10.7. The van der Waals surface area contributed by atoms with Gasteiger partial charge in [-0.2, -0.15) is 0 Å². The smallest absolute Gasteiger partial charge is 0.343 e. The Morgan fingerprint density at radius 3 is 2.23 bits per heavy atom. The largest absolute Gasteiger partial charge is 0.497 e. The van der Waals surface area contributed by atoms with Crippen molar-refractivity contribution in [3.05, 3.63) is 89.7 Å². The van der Waals surface area contributed by atoms with E-state index in [4.69, 9.17) is 9.47 Å². The minimum atomic E-state index is -0.458. The van der Waals surface area contributed by atoms with Gasteiger partial charge in [0, 0.05) is 6.21 Å². The van der Waals surface area contributed by atoms with E-state index in [1.54, 1.807) is 80.1 Å². The molecule has 0 N–H and O–H groups in total. The standard InChI is InChI=1S/C21H16FNO3/c1-25-17-12-8-16(9-13-17)21(24)26-18-10-6-15(7-11-18)14-23-20-5-3-2-4-19(20)22/h2-14H,1H3. The summed E-state index contributed by atoms with van der Waals surface area (Å²) < 4.78 is 23.9. The molecule has 0 aliphatic heterocycles. The maximum Gasteiger partial charge on any atom is 0.343 e. The van der Waals surface area contributed by atoms with Gasteiger partial charge in [0.2, 0.25) is 0 Å². The summed E-state index contributed by atoms with van der Waals surface area (Å²) >= 11 is 0. The van der Waals surface area contributed by atoms with Crippen LogP contribution in [0.25, 0.3) is 0 Å². The van der Waals surface area contributed by atoms with Crippen LogP contribution in [0.1, 0.15) is 15.9 Å². The summed E-state index contributed by atoms with van der Waals surface area (Å²) in [6.45, 7) is 0. The van der Waals surface area contributed by atoms with Crippen molar-refractivity contribution in [3.8, 4) is 11.5 Å². The van der Waals surface area contributed by atoms with Crippen LogP contribution < -0.4 is 9.47 Å². The van der Waals surface area contributed by atoms with Crippen LogP contribution in [0.4, 0.5) is 10.1 Å². The first-order valence-electron chi connectivity index (χ1n) is 7.90. The Balaban J connectivity index is 1.65. The number of hydrogen-bond acceptors (Lipinski definition) is 4. The van der Waals surface area contributed by atoms with Crippen molar-refractivity contribution in [3.63, 3.8) is 0 Å². The number of methoxy groups -OCH3 is 1. The summed E-state index contributed by atoms with van der Waals surface area (Å²) in [7, 11) is 1.56. The minimum Gasteiger partial charge on any atom is -0.497 e. The molecule has 0 amide bonds. The van der Waals surface area contributed by atoms with Crippen LogP contribution in [-0.4, -0.2) is 19.3 Å². The molecule has 0 heterocycles. The quantitative estimate of drug-likeness (QED) is 0.377. The monoisotopic (exact) mass is 349 g/mol. The van der Waals surface area contributed by atoms with Gasteiger partial charge in [-0.25, -0.2) is 9.18 Å². The third-order valence-corrected chi connectivity index (χ3v) is 3.62. The number of nitrogens with zero attached hydrogens (tertiary/aromatic N) is 1. The molecule has 0 aliphatic rings. The number of esters is 1. The number of hydrogen-bond donors (Lipinski definition) is 0. The van der Waals surface area contributed by atoms with E-state index in [-0.39, 0.29) is 11.5 Å². The zero-order chi connectivity index (χ0) is 18.4. The Morgan fingerprint density at radius 2 is 1.58 bits per heavy atom. The van der Waals surface area contributed by atoms with E-state index in [9.17, 15) is 9.18 Å². The summed E-state index contributed by atoms with van der Waals surface area (Å²) in [6, 6.07) is 19.7. The zero-order valence-corrected chi connectivity index (χ0v) is 14.1. The molecule has 3 aromatic rings. The van der Waals surface area contributed by atoms with Crippen LogP contribution in [-0.2, 0) is 0 Å². The van der Waals surface area contributed by atoms with Crippen LogP contribution in [0, 0.1) is 5.82 Å². The predicted octanol–water partition coefficient (Wildman–Crippen LogP) is 4.80. The number of rotatable bonds is 5. The van der Waals surface area contributed by atoms with Crippen molar-refractivity contribution in [1.82, 2.24) is 0 Å². The molecule has 0 saturated heterocycles. The summed E-state index contributed by atoms with van der Waals surface area (Å²) in [5.41, 5.74) is 1.45. The molecule has 26 heavy (non-hydrogen) atoms. The van der Waals surface area contributed by atoms with Crippen LogP contribution in [0.5, 0.6) is 11.5 Å². The lowest BCUT2D eigenvalue weighted by Gasteiger charge is -2.05. The van der Waals surface area contributed by atoms with Gasteiger partial charge >= 0.3 is 5.97 Å². The van der Waals surface area contributed by atoms with E-state index in [2.05, 4.69) is 4.99 Å². The second kappa shape index (κ2) is 8.07. The molecule has 0 spiro atoms. The first-order chi connectivity index (χ1) is 12.7. The number of halogens is 1. The molecular weight excluding hydrogens is 333 g/mol. The van der Waals surface area contributed by atoms with E-state index in [0.717, 1.165) is 5.56 Å². The lowest BCUT2D eigenvalue weighted by molar-refractivity contribution is 0.0734. The van der Waals surface area contributed by atoms with Crippen molar-refractivity contribution in [2.75, 3.05) is 7.11 Å². The van der Waals surface area contributed by atoms with Gasteiger partial charge in [-0.3, -0.25) is 4.99 Å². The predicted molar refractivity (Wildman–Crippen MR) is 98.0 cm³/mol. The fourth-order valence-electron chi connectivity index (χ4n) is 2.22. The fraction of sp³-hybridized carbons (Fsp3) is 0.0476. The Labute approximate surface area is 150 Å². The Morgan fingerprint density at radius 1 is 0.923 bits per heavy atom. The van der Waals surface area contributed by atoms with Gasteiger partial charge in [0.05, 0.1) is 18.4 Å². The highest BCUT2D eigenvalue weighted by Crippen LogP contribution is 2.18. The number of ether oxygens (including phenoxy) is 2. The van der Waals surface area contributed by atoms with Gasteiger partial charge in [0.25, 0.3) is 0 Å². The van der Waals surface area contributed by atoms with E-state index in [1.807, 2.05) is 0 Å². The Kier molecular flexibility index (Phi) is 5.39. The highest BCUT2D eigenvalue weighted by atomic mass is 19.1. The van der Waals surface area contributed by atoms with Crippen LogP contribution in [0.15, 0.2) is 77.8 Å². The second-order valence-corrected chi connectivity index (χ2v) is 5.40. The molecule has 3 aromatic carbocycles. The molecule has 5 heteroatoms. The highest BCUT2D eigenvalue weighted by Gasteiger charge is 2.08. The number of benzene rings is 3. The van der Waals surface area contributed by atoms with Crippen molar-refractivity contribution in [1.29, 1.82) is 0 Å². The summed E-state index contributed by atoms with van der Waals surface area (Å²) in [6.07, 6.45) is 1.55. The molecule has 3 rings (SSSR count). The molecular formula is C21H16FNO3. The average Bonchev–Trinajstić information content (AvgIpc) is 2.68. The van der Waals surface area contributed by atoms with Crippen LogP contribution in [0.3, 0.4) is 0 Å². The lowest BCUT2D eigenvalue weighted by Crippen LogP contribution is -2.08. The van der Waals surface area contributed by atoms with Crippen molar-refractivity contribution < 1.29 is 18.7 Å². The number of para-hydroxylation sites is 1. The molecule has 0 aromatic heterocycles. The fourth-order valence-corrected chi connectivity index (χ4v) is 2.22. The number of carbonyl (C=O) groups excluding carboxylic acids is 1. The van der Waals surface area contributed by atoms with Crippen molar-refractivity contribution in [2.45, 2.75) is 0 Å². The second-order valence-electron chi connectivity index (χ2n) is 5.40. The molecule has 0 fully saturated rings. The van der Waals surface area contributed by atoms with Gasteiger partial charge in [0.15, 0.2) is 0 Å². The molecule has 0 bridgehead atoms. The first-order valence-corrected chi connectivity index (χ1v) is 7.90. The third-order valence-electron chi connectivity index (χ3n) is 3.62. The lowest BCUT2D eigenvalue weighted by atomic mass is 10.2. The summed E-state index contributed by atoms with van der Waals surface area (Å²) in [4.78, 5) is 16.2. The van der Waals surface area contributed by atoms with E-state index in [0.29, 0.717) is 17.1 Å². The number of carbonyl (C=O) groups is 1. The first kappa shape index (κ1) is 17.4. The highest BCUT2D eigenvalue weighted by molar-refractivity contribution is 5.91. The third kappa shape index (κ3) is 4.33. The van der Waals surface area contributed by atoms with E-state index < -0.39 is 5.97 Å². The van der Waals surface area contributed by atoms with Gasteiger partial charge in [-0.05, 0) is 66.2 Å². The van der Waals surface area contributed by atoms with Crippen molar-refractivity contribution >= 4 is 17.9 Å². The average molecular weight is 349 g/mol. The van der Waals surface area contributed by atoms with Gasteiger partial charge in [-0.1, -0.05) is 12.1 Å². The van der Waals surface area contributed by atoms with E-state index in [1.165, 1.54) is 6.07 Å². The summed E-state index contributed by atoms with van der Waals surface area (Å²) in [5.74, 6) is 0.239. The molecule has 0 atom stereocenters. The Hall–Kier alpha value is -3.47. The summed E-state index contributed by atoms with van der Waals surface area (Å²) in [5, 5.41) is 0. The maximum absolute atomic E-state index is 13.5. The van der Waals surface area contributed by atoms with Crippen LogP contribution in [0.2, 0.25) is 0 Å². The van der Waals surface area contributed by atoms with E-state index >= 15 is 0 Å².